The molecule has 1 spiro atoms. The van der Waals surface area contributed by atoms with E-state index in [1.54, 1.807) is 18.1 Å². The number of alkyl halides is 2. The lowest BCUT2D eigenvalue weighted by atomic mass is 9.61. The van der Waals surface area contributed by atoms with E-state index in [9.17, 15) is 18.0 Å². The Hall–Kier alpha value is -3.77. The summed E-state index contributed by atoms with van der Waals surface area (Å²) in [5.74, 6) is 1.83. The standard InChI is InChI=1S/C24H22FN5O3.C6H13F2N/c25-16-1-2-20(15(5-16)11-31)33-22-10-27-14-29-23(22)30-12-24(13-30)6-17(7-24)32-21-3-4-28-19-9-26-8-18(19)21;1-5(2)9(3)4-6(7)8/h1-5,10-11,14,17,26H,6-9,12-13H2;5-6H,4H2,1-3H3. The molecule has 1 aromatic carbocycles. The minimum atomic E-state index is -2.21. The van der Waals surface area contributed by atoms with Gasteiger partial charge >= 0.3 is 0 Å². The van der Waals surface area contributed by atoms with Gasteiger partial charge in [0, 0.05) is 49.4 Å². The Kier molecular flexibility index (Phi) is 8.93. The van der Waals surface area contributed by atoms with E-state index in [1.165, 1.54) is 24.0 Å². The number of pyridine rings is 1. The van der Waals surface area contributed by atoms with E-state index in [0.29, 0.717) is 17.9 Å². The van der Waals surface area contributed by atoms with Crippen molar-refractivity contribution in [3.8, 4) is 17.2 Å². The first kappa shape index (κ1) is 29.7. The molecule has 0 atom stereocenters. The third-order valence-electron chi connectivity index (χ3n) is 7.95. The molecular formula is C30H35F3N6O3. The quantitative estimate of drug-likeness (QED) is 0.354. The number of aromatic nitrogens is 3. The maximum Gasteiger partial charge on any atom is 0.251 e. The zero-order valence-corrected chi connectivity index (χ0v) is 23.9. The summed E-state index contributed by atoms with van der Waals surface area (Å²) >= 11 is 0. The van der Waals surface area contributed by atoms with Crippen molar-refractivity contribution in [1.82, 2.24) is 25.2 Å². The van der Waals surface area contributed by atoms with Gasteiger partial charge in [-0.15, -0.1) is 0 Å². The van der Waals surface area contributed by atoms with E-state index < -0.39 is 12.2 Å². The van der Waals surface area contributed by atoms with E-state index in [0.717, 1.165) is 56.5 Å². The summed E-state index contributed by atoms with van der Waals surface area (Å²) < 4.78 is 48.8. The molecule has 6 rings (SSSR count). The highest BCUT2D eigenvalue weighted by atomic mass is 19.3. The van der Waals surface area contributed by atoms with Crippen molar-refractivity contribution in [2.45, 2.75) is 58.3 Å². The first-order valence-electron chi connectivity index (χ1n) is 14.0. The second-order valence-electron chi connectivity index (χ2n) is 11.4. The van der Waals surface area contributed by atoms with Crippen molar-refractivity contribution in [2.75, 3.05) is 31.6 Å². The molecule has 0 radical (unpaired) electrons. The van der Waals surface area contributed by atoms with Gasteiger partial charge in [0.2, 0.25) is 0 Å². The summed E-state index contributed by atoms with van der Waals surface area (Å²) in [7, 11) is 1.69. The molecule has 2 fully saturated rings. The number of nitrogens with one attached hydrogen (secondary N) is 1. The Bertz CT molecular complexity index is 1390. The van der Waals surface area contributed by atoms with Gasteiger partial charge in [-0.05, 0) is 58.0 Å². The highest BCUT2D eigenvalue weighted by Crippen LogP contribution is 2.52. The fourth-order valence-electron chi connectivity index (χ4n) is 5.49. The van der Waals surface area contributed by atoms with Crippen LogP contribution < -0.4 is 19.7 Å². The minimum Gasteiger partial charge on any atom is -0.490 e. The fraction of sp³-hybridized carbons (Fsp3) is 0.467. The van der Waals surface area contributed by atoms with Crippen molar-refractivity contribution in [3.63, 3.8) is 0 Å². The number of fused-ring (bicyclic) bond motifs is 1. The van der Waals surface area contributed by atoms with Crippen LogP contribution in [-0.2, 0) is 13.1 Å². The van der Waals surface area contributed by atoms with Gasteiger partial charge in [0.25, 0.3) is 6.43 Å². The van der Waals surface area contributed by atoms with E-state index >= 15 is 0 Å². The summed E-state index contributed by atoms with van der Waals surface area (Å²) in [4.78, 5) is 27.9. The molecule has 12 heteroatoms. The lowest BCUT2D eigenvalue weighted by Gasteiger charge is -2.58. The summed E-state index contributed by atoms with van der Waals surface area (Å²) in [6.07, 6.45) is 5.40. The number of anilines is 1. The molecule has 42 heavy (non-hydrogen) atoms. The van der Waals surface area contributed by atoms with E-state index in [2.05, 4.69) is 25.2 Å². The summed E-state index contributed by atoms with van der Waals surface area (Å²) in [6.45, 7) is 6.95. The van der Waals surface area contributed by atoms with Crippen molar-refractivity contribution in [1.29, 1.82) is 0 Å². The Morgan fingerprint density at radius 3 is 2.62 bits per heavy atom. The Morgan fingerprint density at radius 2 is 1.93 bits per heavy atom. The van der Waals surface area contributed by atoms with Crippen LogP contribution in [0.3, 0.4) is 0 Å². The molecule has 9 nitrogen and oxygen atoms in total. The van der Waals surface area contributed by atoms with Crippen LogP contribution in [0, 0.1) is 11.2 Å². The van der Waals surface area contributed by atoms with Gasteiger partial charge in [-0.2, -0.15) is 0 Å². The first-order chi connectivity index (χ1) is 20.2. The van der Waals surface area contributed by atoms with E-state index in [4.69, 9.17) is 9.47 Å². The smallest absolute Gasteiger partial charge is 0.251 e. The van der Waals surface area contributed by atoms with Gasteiger partial charge in [0.1, 0.15) is 29.7 Å². The number of benzene rings is 1. The second kappa shape index (κ2) is 12.6. The molecule has 0 bridgehead atoms. The molecule has 4 heterocycles. The van der Waals surface area contributed by atoms with Gasteiger partial charge in [-0.3, -0.25) is 14.7 Å². The maximum absolute atomic E-state index is 13.4. The molecular weight excluding hydrogens is 549 g/mol. The van der Waals surface area contributed by atoms with Crippen LogP contribution in [-0.4, -0.2) is 71.4 Å². The molecule has 0 unspecified atom stereocenters. The van der Waals surface area contributed by atoms with Crippen LogP contribution in [0.15, 0.2) is 43.0 Å². The fourth-order valence-corrected chi connectivity index (χ4v) is 5.49. The lowest BCUT2D eigenvalue weighted by Crippen LogP contribution is -2.65. The number of hydrogen-bond acceptors (Lipinski definition) is 9. The number of rotatable bonds is 9. The Labute approximate surface area is 243 Å². The summed E-state index contributed by atoms with van der Waals surface area (Å²) in [5, 5.41) is 3.32. The number of carbonyl (C=O) groups is 1. The lowest BCUT2D eigenvalue weighted by molar-refractivity contribution is -0.0348. The monoisotopic (exact) mass is 584 g/mol. The zero-order chi connectivity index (χ0) is 29.9. The third kappa shape index (κ3) is 6.65. The van der Waals surface area contributed by atoms with Crippen molar-refractivity contribution < 1.29 is 27.4 Å². The van der Waals surface area contributed by atoms with Gasteiger partial charge in [0.05, 0.1) is 24.0 Å². The summed E-state index contributed by atoms with van der Waals surface area (Å²) in [6, 6.07) is 6.00. The maximum atomic E-state index is 13.4. The van der Waals surface area contributed by atoms with Crippen LogP contribution in [0.4, 0.5) is 19.0 Å². The summed E-state index contributed by atoms with van der Waals surface area (Å²) in [5.41, 5.74) is 2.60. The number of ether oxygens (including phenoxy) is 2. The van der Waals surface area contributed by atoms with Crippen LogP contribution in [0.2, 0.25) is 0 Å². The van der Waals surface area contributed by atoms with Gasteiger partial charge in [0.15, 0.2) is 17.9 Å². The second-order valence-corrected chi connectivity index (χ2v) is 11.4. The first-order valence-corrected chi connectivity index (χ1v) is 14.0. The van der Waals surface area contributed by atoms with Gasteiger partial charge < -0.3 is 19.7 Å². The molecule has 2 aromatic heterocycles. The van der Waals surface area contributed by atoms with Gasteiger partial charge in [-0.25, -0.2) is 23.1 Å². The van der Waals surface area contributed by atoms with Crippen molar-refractivity contribution >= 4 is 12.1 Å². The average Bonchev–Trinajstić information content (AvgIpc) is 3.40. The van der Waals surface area contributed by atoms with Crippen LogP contribution in [0.1, 0.15) is 48.3 Å². The zero-order valence-electron chi connectivity index (χ0n) is 23.9. The van der Waals surface area contributed by atoms with Crippen LogP contribution >= 0.6 is 0 Å². The van der Waals surface area contributed by atoms with E-state index in [1.807, 2.05) is 26.1 Å². The number of halogens is 3. The molecule has 1 saturated carbocycles. The average molecular weight is 585 g/mol. The number of carbonyl (C=O) groups excluding carboxylic acids is 1. The molecule has 3 aromatic rings. The predicted molar refractivity (Wildman–Crippen MR) is 151 cm³/mol. The van der Waals surface area contributed by atoms with Crippen LogP contribution in [0.5, 0.6) is 17.2 Å². The Balaban J connectivity index is 0.000000342. The number of aldehydes is 1. The predicted octanol–water partition coefficient (Wildman–Crippen LogP) is 4.86. The largest absolute Gasteiger partial charge is 0.490 e. The minimum absolute atomic E-state index is 0.127. The van der Waals surface area contributed by atoms with Crippen molar-refractivity contribution in [2.24, 2.45) is 5.41 Å². The SMILES string of the molecule is CC(C)N(C)CC(F)F.O=Cc1cc(F)ccc1Oc1cncnc1N1CC2(CC(Oc3ccnc4c3CNC4)C2)C1. The molecule has 1 aliphatic carbocycles. The Morgan fingerprint density at radius 1 is 1.14 bits per heavy atom. The highest BCUT2D eigenvalue weighted by Gasteiger charge is 2.54. The normalized spacial score (nSPS) is 17.0. The topological polar surface area (TPSA) is 92.7 Å². The van der Waals surface area contributed by atoms with Crippen LogP contribution in [0.25, 0.3) is 0 Å². The molecule has 224 valence electrons. The third-order valence-corrected chi connectivity index (χ3v) is 7.95. The van der Waals surface area contributed by atoms with Gasteiger partial charge in [-0.1, -0.05) is 0 Å². The van der Waals surface area contributed by atoms with E-state index in [-0.39, 0.29) is 35.4 Å². The molecule has 1 N–H and O–H groups in total. The number of hydrogen-bond donors (Lipinski definition) is 1. The molecule has 2 aliphatic heterocycles. The molecule has 3 aliphatic rings. The van der Waals surface area contributed by atoms with Crippen molar-refractivity contribution in [3.05, 3.63) is 65.6 Å². The molecule has 0 amide bonds. The number of nitrogens with zero attached hydrogens (tertiary/aromatic N) is 5. The highest BCUT2D eigenvalue weighted by molar-refractivity contribution is 5.79. The molecule has 1 saturated heterocycles.